The summed E-state index contributed by atoms with van der Waals surface area (Å²) in [7, 11) is 0. The van der Waals surface area contributed by atoms with Crippen LogP contribution in [-0.2, 0) is 4.79 Å². The molecular weight excluding hydrogens is 228 g/mol. The van der Waals surface area contributed by atoms with Gasteiger partial charge >= 0.3 is 0 Å². The van der Waals surface area contributed by atoms with Crippen LogP contribution in [0.1, 0.15) is 44.6 Å². The van der Waals surface area contributed by atoms with E-state index in [2.05, 4.69) is 0 Å². The maximum atomic E-state index is 11.8. The third-order valence-corrected chi connectivity index (χ3v) is 3.27. The molecule has 0 aromatic heterocycles. The lowest BCUT2D eigenvalue weighted by Crippen LogP contribution is -2.05. The molecular formula is C15H20O3. The summed E-state index contributed by atoms with van der Waals surface area (Å²) in [6, 6.07) is 5.86. The Balaban J connectivity index is 2.27. The number of Topliss-reactive ketones (excluding diaryl/α,β-unsaturated/α-hetero) is 1. The number of hydrogen-bond donors (Lipinski definition) is 0. The highest BCUT2D eigenvalue weighted by atomic mass is 16.5. The van der Waals surface area contributed by atoms with E-state index in [0.29, 0.717) is 25.4 Å². The Kier molecular flexibility index (Phi) is 4.24. The summed E-state index contributed by atoms with van der Waals surface area (Å²) in [6.07, 6.45) is 2.67. The molecule has 0 radical (unpaired) electrons. The fourth-order valence-corrected chi connectivity index (χ4v) is 2.45. The molecule has 1 aromatic rings. The van der Waals surface area contributed by atoms with Crippen molar-refractivity contribution in [2.75, 3.05) is 13.2 Å². The van der Waals surface area contributed by atoms with Crippen molar-refractivity contribution in [3.8, 4) is 11.5 Å². The van der Waals surface area contributed by atoms with Gasteiger partial charge in [0.2, 0.25) is 0 Å². The maximum absolute atomic E-state index is 11.8. The first-order chi connectivity index (χ1) is 8.76. The second-order valence-electron chi connectivity index (χ2n) is 4.48. The Labute approximate surface area is 108 Å². The molecule has 1 unspecified atom stereocenters. The van der Waals surface area contributed by atoms with Crippen LogP contribution < -0.4 is 9.47 Å². The highest BCUT2D eigenvalue weighted by molar-refractivity contribution is 5.87. The number of benzene rings is 1. The second-order valence-corrected chi connectivity index (χ2v) is 4.48. The van der Waals surface area contributed by atoms with Gasteiger partial charge in [-0.15, -0.1) is 0 Å². The Morgan fingerprint density at radius 2 is 1.89 bits per heavy atom. The van der Waals surface area contributed by atoms with Gasteiger partial charge in [0.1, 0.15) is 5.78 Å². The minimum atomic E-state index is 0.0554. The number of hydrogen-bond acceptors (Lipinski definition) is 3. The number of ether oxygens (including phenoxy) is 2. The van der Waals surface area contributed by atoms with Crippen LogP contribution in [-0.4, -0.2) is 19.0 Å². The van der Waals surface area contributed by atoms with Gasteiger partial charge in [0.05, 0.1) is 13.2 Å². The van der Waals surface area contributed by atoms with Crippen LogP contribution in [0.3, 0.4) is 0 Å². The second kappa shape index (κ2) is 5.89. The standard InChI is InChI=1S/C15H20O3/c1-3-17-14-9-8-11(10-15(14)18-4-2)12-6-5-7-13(12)16/h8-10,12H,3-7H2,1-2H3. The van der Waals surface area contributed by atoms with Gasteiger partial charge in [-0.2, -0.15) is 0 Å². The molecule has 0 saturated heterocycles. The zero-order valence-electron chi connectivity index (χ0n) is 11.1. The molecule has 0 amide bonds. The fraction of sp³-hybridized carbons (Fsp3) is 0.533. The monoisotopic (exact) mass is 248 g/mol. The van der Waals surface area contributed by atoms with Crippen molar-refractivity contribution in [1.82, 2.24) is 0 Å². The minimum absolute atomic E-state index is 0.0554. The normalized spacial score (nSPS) is 19.0. The summed E-state index contributed by atoms with van der Waals surface area (Å²) in [5.41, 5.74) is 1.06. The topological polar surface area (TPSA) is 35.5 Å². The summed E-state index contributed by atoms with van der Waals surface area (Å²) in [6.45, 7) is 5.11. The molecule has 1 fully saturated rings. The van der Waals surface area contributed by atoms with E-state index >= 15 is 0 Å². The van der Waals surface area contributed by atoms with Gasteiger partial charge in [0, 0.05) is 12.3 Å². The van der Waals surface area contributed by atoms with Gasteiger partial charge in [0.15, 0.2) is 11.5 Å². The lowest BCUT2D eigenvalue weighted by atomic mass is 9.96. The van der Waals surface area contributed by atoms with Crippen molar-refractivity contribution >= 4 is 5.78 Å². The van der Waals surface area contributed by atoms with Gasteiger partial charge in [-0.1, -0.05) is 6.07 Å². The molecule has 3 nitrogen and oxygen atoms in total. The van der Waals surface area contributed by atoms with E-state index in [0.717, 1.165) is 29.9 Å². The Morgan fingerprint density at radius 1 is 1.17 bits per heavy atom. The van der Waals surface area contributed by atoms with Gasteiger partial charge in [-0.05, 0) is 44.4 Å². The van der Waals surface area contributed by atoms with E-state index in [9.17, 15) is 4.79 Å². The molecule has 3 heteroatoms. The maximum Gasteiger partial charge on any atom is 0.161 e. The Hall–Kier alpha value is -1.51. The molecule has 1 aromatic carbocycles. The predicted octanol–water partition coefficient (Wildman–Crippen LogP) is 3.32. The van der Waals surface area contributed by atoms with Crippen molar-refractivity contribution in [3.63, 3.8) is 0 Å². The van der Waals surface area contributed by atoms with Crippen molar-refractivity contribution in [1.29, 1.82) is 0 Å². The van der Waals surface area contributed by atoms with Crippen LogP contribution in [0.25, 0.3) is 0 Å². The van der Waals surface area contributed by atoms with Gasteiger partial charge in [0.25, 0.3) is 0 Å². The molecule has 0 aliphatic heterocycles. The van der Waals surface area contributed by atoms with E-state index in [4.69, 9.17) is 9.47 Å². The average Bonchev–Trinajstić information content (AvgIpc) is 2.78. The lowest BCUT2D eigenvalue weighted by molar-refractivity contribution is -0.118. The molecule has 18 heavy (non-hydrogen) atoms. The SMILES string of the molecule is CCOc1ccc(C2CCCC2=O)cc1OCC. The summed E-state index contributed by atoms with van der Waals surface area (Å²) in [5, 5.41) is 0. The quantitative estimate of drug-likeness (QED) is 0.802. The van der Waals surface area contributed by atoms with Crippen LogP contribution >= 0.6 is 0 Å². The number of carbonyl (C=O) groups excluding carboxylic acids is 1. The molecule has 0 spiro atoms. The predicted molar refractivity (Wildman–Crippen MR) is 70.4 cm³/mol. The van der Waals surface area contributed by atoms with E-state index in [1.54, 1.807) is 0 Å². The number of rotatable bonds is 5. The van der Waals surface area contributed by atoms with Gasteiger partial charge in [-0.25, -0.2) is 0 Å². The molecule has 1 atom stereocenters. The molecule has 1 saturated carbocycles. The van der Waals surface area contributed by atoms with Crippen LogP contribution in [0.2, 0.25) is 0 Å². The van der Waals surface area contributed by atoms with Crippen LogP contribution in [0.15, 0.2) is 18.2 Å². The van der Waals surface area contributed by atoms with Gasteiger partial charge < -0.3 is 9.47 Å². The molecule has 0 heterocycles. The van der Waals surface area contributed by atoms with Crippen molar-refractivity contribution in [2.45, 2.75) is 39.0 Å². The van der Waals surface area contributed by atoms with E-state index in [1.165, 1.54) is 0 Å². The number of carbonyl (C=O) groups is 1. The molecule has 2 rings (SSSR count). The van der Waals surface area contributed by atoms with Crippen LogP contribution in [0.5, 0.6) is 11.5 Å². The van der Waals surface area contributed by atoms with E-state index in [1.807, 2.05) is 32.0 Å². The molecule has 1 aliphatic carbocycles. The van der Waals surface area contributed by atoms with E-state index in [-0.39, 0.29) is 5.92 Å². The Morgan fingerprint density at radius 3 is 2.50 bits per heavy atom. The molecule has 0 N–H and O–H groups in total. The summed E-state index contributed by atoms with van der Waals surface area (Å²) in [5.74, 6) is 1.91. The van der Waals surface area contributed by atoms with Crippen molar-refractivity contribution < 1.29 is 14.3 Å². The molecule has 0 bridgehead atoms. The summed E-state index contributed by atoms with van der Waals surface area (Å²) < 4.78 is 11.1. The van der Waals surface area contributed by atoms with E-state index < -0.39 is 0 Å². The van der Waals surface area contributed by atoms with Crippen LogP contribution in [0, 0.1) is 0 Å². The smallest absolute Gasteiger partial charge is 0.161 e. The largest absolute Gasteiger partial charge is 0.490 e. The summed E-state index contributed by atoms with van der Waals surface area (Å²) in [4.78, 5) is 11.8. The van der Waals surface area contributed by atoms with Crippen molar-refractivity contribution in [3.05, 3.63) is 23.8 Å². The first-order valence-electron chi connectivity index (χ1n) is 6.68. The lowest BCUT2D eigenvalue weighted by Gasteiger charge is -2.14. The molecule has 98 valence electrons. The van der Waals surface area contributed by atoms with Gasteiger partial charge in [-0.3, -0.25) is 4.79 Å². The van der Waals surface area contributed by atoms with Crippen LogP contribution in [0.4, 0.5) is 0 Å². The fourth-order valence-electron chi connectivity index (χ4n) is 2.45. The first kappa shape index (κ1) is 12.9. The molecule has 1 aliphatic rings. The third kappa shape index (κ3) is 2.66. The number of ketones is 1. The highest BCUT2D eigenvalue weighted by Crippen LogP contribution is 2.36. The van der Waals surface area contributed by atoms with Crippen molar-refractivity contribution in [2.24, 2.45) is 0 Å². The summed E-state index contributed by atoms with van der Waals surface area (Å²) >= 11 is 0. The average molecular weight is 248 g/mol. The minimum Gasteiger partial charge on any atom is -0.490 e. The Bertz CT molecular complexity index is 426. The first-order valence-corrected chi connectivity index (χ1v) is 6.68. The zero-order valence-corrected chi connectivity index (χ0v) is 11.1. The highest BCUT2D eigenvalue weighted by Gasteiger charge is 2.26. The third-order valence-electron chi connectivity index (χ3n) is 3.27. The zero-order chi connectivity index (χ0) is 13.0.